The molecule has 0 radical (unpaired) electrons. The lowest BCUT2D eigenvalue weighted by molar-refractivity contribution is -0.133. The number of aromatic nitrogens is 2. The number of anilines is 1. The Balaban J connectivity index is 1.63. The zero-order valence-electron chi connectivity index (χ0n) is 14.3. The first kappa shape index (κ1) is 16.5. The molecule has 1 aromatic heterocycles. The fraction of sp³-hybridized carbons (Fsp3) is 0.765. The van der Waals surface area contributed by atoms with Crippen molar-refractivity contribution in [2.24, 2.45) is 0 Å². The van der Waals surface area contributed by atoms with Crippen molar-refractivity contribution in [2.45, 2.75) is 70.7 Å². The maximum absolute atomic E-state index is 12.9. The highest BCUT2D eigenvalue weighted by Gasteiger charge is 2.35. The molecule has 0 aliphatic carbocycles. The summed E-state index contributed by atoms with van der Waals surface area (Å²) in [7, 11) is 0. The Morgan fingerprint density at radius 3 is 3.00 bits per heavy atom. The summed E-state index contributed by atoms with van der Waals surface area (Å²) in [4.78, 5) is 14.7. The predicted molar refractivity (Wildman–Crippen MR) is 87.5 cm³/mol. The summed E-state index contributed by atoms with van der Waals surface area (Å²) in [5.74, 6) is 0.868. The van der Waals surface area contributed by atoms with Gasteiger partial charge >= 0.3 is 0 Å². The summed E-state index contributed by atoms with van der Waals surface area (Å²) in [5, 5.41) is 4.35. The molecule has 1 fully saturated rings. The van der Waals surface area contributed by atoms with Crippen LogP contribution in [0.5, 0.6) is 0 Å². The summed E-state index contributed by atoms with van der Waals surface area (Å²) in [6, 6.07) is 2.37. The van der Waals surface area contributed by atoms with Crippen molar-refractivity contribution in [2.75, 3.05) is 18.1 Å². The third kappa shape index (κ3) is 3.43. The maximum atomic E-state index is 12.9. The molecule has 3 rings (SSSR count). The fourth-order valence-corrected chi connectivity index (χ4v) is 3.55. The van der Waals surface area contributed by atoms with Crippen LogP contribution in [0.1, 0.15) is 52.5 Å². The van der Waals surface area contributed by atoms with E-state index in [1.54, 1.807) is 6.20 Å². The minimum atomic E-state index is -0.472. The van der Waals surface area contributed by atoms with Gasteiger partial charge in [0.1, 0.15) is 11.9 Å². The van der Waals surface area contributed by atoms with Crippen LogP contribution in [0.25, 0.3) is 0 Å². The van der Waals surface area contributed by atoms with Crippen molar-refractivity contribution >= 4 is 11.7 Å². The molecule has 0 spiro atoms. The van der Waals surface area contributed by atoms with Gasteiger partial charge in [0.2, 0.25) is 0 Å². The first-order valence-electron chi connectivity index (χ1n) is 8.67. The van der Waals surface area contributed by atoms with E-state index < -0.39 is 6.10 Å². The molecule has 128 valence electrons. The first-order chi connectivity index (χ1) is 11.1. The van der Waals surface area contributed by atoms with Gasteiger partial charge in [-0.15, -0.1) is 0 Å². The molecule has 4 atom stereocenters. The second kappa shape index (κ2) is 7.01. The Kier molecular flexibility index (Phi) is 5.02. The average molecular weight is 321 g/mol. The SMILES string of the molecule is CC(OCC1CCCCO1)C(=O)N1c2ccnn2C(C)CC1C. The summed E-state index contributed by atoms with van der Waals surface area (Å²) < 4.78 is 13.4. The largest absolute Gasteiger partial charge is 0.376 e. The number of hydrogen-bond acceptors (Lipinski definition) is 4. The van der Waals surface area contributed by atoms with Crippen LogP contribution in [0.2, 0.25) is 0 Å². The van der Waals surface area contributed by atoms with E-state index in [4.69, 9.17) is 9.47 Å². The van der Waals surface area contributed by atoms with E-state index in [1.165, 1.54) is 6.42 Å². The average Bonchev–Trinajstić information content (AvgIpc) is 3.03. The van der Waals surface area contributed by atoms with E-state index in [2.05, 4.69) is 18.9 Å². The summed E-state index contributed by atoms with van der Waals surface area (Å²) in [5.41, 5.74) is 0. The third-order valence-corrected chi connectivity index (χ3v) is 4.83. The zero-order chi connectivity index (χ0) is 16.4. The van der Waals surface area contributed by atoms with E-state index in [0.29, 0.717) is 12.6 Å². The molecule has 0 saturated carbocycles. The summed E-state index contributed by atoms with van der Waals surface area (Å²) in [6.07, 6.45) is 5.63. The minimum absolute atomic E-state index is 0.00181. The highest BCUT2D eigenvalue weighted by Crippen LogP contribution is 2.31. The van der Waals surface area contributed by atoms with Gasteiger partial charge in [0.15, 0.2) is 0 Å². The normalized spacial score (nSPS) is 29.2. The number of nitrogens with zero attached hydrogens (tertiary/aromatic N) is 3. The molecule has 6 heteroatoms. The highest BCUT2D eigenvalue weighted by atomic mass is 16.5. The zero-order valence-corrected chi connectivity index (χ0v) is 14.3. The van der Waals surface area contributed by atoms with Crippen LogP contribution >= 0.6 is 0 Å². The Morgan fingerprint density at radius 2 is 2.26 bits per heavy atom. The van der Waals surface area contributed by atoms with E-state index in [-0.39, 0.29) is 18.1 Å². The molecule has 3 heterocycles. The Hall–Kier alpha value is -1.40. The number of hydrogen-bond donors (Lipinski definition) is 0. The third-order valence-electron chi connectivity index (χ3n) is 4.83. The second-order valence-corrected chi connectivity index (χ2v) is 6.74. The molecule has 2 aliphatic rings. The molecule has 6 nitrogen and oxygen atoms in total. The van der Waals surface area contributed by atoms with Gasteiger partial charge in [-0.25, -0.2) is 4.68 Å². The van der Waals surface area contributed by atoms with Crippen LogP contribution in [0.15, 0.2) is 12.3 Å². The molecule has 1 aromatic rings. The van der Waals surface area contributed by atoms with Gasteiger partial charge in [0, 0.05) is 18.7 Å². The lowest BCUT2D eigenvalue weighted by atomic mass is 10.0. The van der Waals surface area contributed by atoms with Crippen LogP contribution < -0.4 is 4.90 Å². The lowest BCUT2D eigenvalue weighted by Crippen LogP contribution is -2.49. The highest BCUT2D eigenvalue weighted by molar-refractivity contribution is 5.96. The van der Waals surface area contributed by atoms with E-state index in [0.717, 1.165) is 31.7 Å². The van der Waals surface area contributed by atoms with Crippen molar-refractivity contribution in [3.63, 3.8) is 0 Å². The van der Waals surface area contributed by atoms with E-state index in [9.17, 15) is 4.79 Å². The molecule has 0 bridgehead atoms. The molecular formula is C17H27N3O3. The molecule has 4 unspecified atom stereocenters. The van der Waals surface area contributed by atoms with Gasteiger partial charge in [-0.05, 0) is 46.5 Å². The van der Waals surface area contributed by atoms with E-state index in [1.807, 2.05) is 22.6 Å². The Bertz CT molecular complexity index is 539. The van der Waals surface area contributed by atoms with Crippen LogP contribution in [0.4, 0.5) is 5.82 Å². The van der Waals surface area contributed by atoms with Gasteiger partial charge < -0.3 is 9.47 Å². The van der Waals surface area contributed by atoms with Crippen molar-refractivity contribution < 1.29 is 14.3 Å². The van der Waals surface area contributed by atoms with Crippen LogP contribution in [-0.2, 0) is 14.3 Å². The van der Waals surface area contributed by atoms with Crippen LogP contribution in [0.3, 0.4) is 0 Å². The summed E-state index contributed by atoms with van der Waals surface area (Å²) >= 11 is 0. The summed E-state index contributed by atoms with van der Waals surface area (Å²) in [6.45, 7) is 7.34. The number of fused-ring (bicyclic) bond motifs is 1. The van der Waals surface area contributed by atoms with Gasteiger partial charge in [-0.1, -0.05) is 0 Å². The van der Waals surface area contributed by atoms with Crippen molar-refractivity contribution in [3.8, 4) is 0 Å². The first-order valence-corrected chi connectivity index (χ1v) is 8.67. The topological polar surface area (TPSA) is 56.6 Å². The molecule has 1 saturated heterocycles. The quantitative estimate of drug-likeness (QED) is 0.855. The van der Waals surface area contributed by atoms with Crippen molar-refractivity contribution in [1.29, 1.82) is 0 Å². The second-order valence-electron chi connectivity index (χ2n) is 6.74. The van der Waals surface area contributed by atoms with Gasteiger partial charge in [-0.2, -0.15) is 5.10 Å². The van der Waals surface area contributed by atoms with Gasteiger partial charge in [-0.3, -0.25) is 9.69 Å². The molecule has 0 N–H and O–H groups in total. The van der Waals surface area contributed by atoms with Gasteiger partial charge in [0.05, 0.1) is 24.9 Å². The standard InChI is InChI=1S/C17H27N3O3/c1-12-10-13(2)20-16(7-8-18-20)19(12)17(21)14(3)23-11-15-6-4-5-9-22-15/h7-8,12-15H,4-6,9-11H2,1-3H3. The smallest absolute Gasteiger partial charge is 0.257 e. The maximum Gasteiger partial charge on any atom is 0.257 e. The van der Waals surface area contributed by atoms with Crippen LogP contribution in [0, 0.1) is 0 Å². The predicted octanol–water partition coefficient (Wildman–Crippen LogP) is 2.54. The van der Waals surface area contributed by atoms with Crippen molar-refractivity contribution in [1.82, 2.24) is 9.78 Å². The molecule has 1 amide bonds. The van der Waals surface area contributed by atoms with Gasteiger partial charge in [0.25, 0.3) is 5.91 Å². The van der Waals surface area contributed by atoms with E-state index >= 15 is 0 Å². The molecular weight excluding hydrogens is 294 g/mol. The Labute approximate surface area is 137 Å². The number of ether oxygens (including phenoxy) is 2. The van der Waals surface area contributed by atoms with Crippen molar-refractivity contribution in [3.05, 3.63) is 12.3 Å². The number of carbonyl (C=O) groups excluding carboxylic acids is 1. The van der Waals surface area contributed by atoms with Crippen LogP contribution in [-0.4, -0.2) is 47.2 Å². The lowest BCUT2D eigenvalue weighted by Gasteiger charge is -2.38. The molecule has 2 aliphatic heterocycles. The molecule has 0 aromatic carbocycles. The monoisotopic (exact) mass is 321 g/mol. The molecule has 23 heavy (non-hydrogen) atoms. The fourth-order valence-electron chi connectivity index (χ4n) is 3.55. The number of rotatable bonds is 4. The minimum Gasteiger partial charge on any atom is -0.376 e. The number of amides is 1. The Morgan fingerprint density at radius 1 is 1.43 bits per heavy atom. The number of carbonyl (C=O) groups is 1.